The van der Waals surface area contributed by atoms with E-state index in [1.54, 1.807) is 13.2 Å². The topological polar surface area (TPSA) is 55.8 Å². The van der Waals surface area contributed by atoms with Crippen LogP contribution in [0.15, 0.2) is 17.0 Å². The van der Waals surface area contributed by atoms with Crippen molar-refractivity contribution in [2.24, 2.45) is 0 Å². The number of hydrogen-bond donors (Lipinski definition) is 0. The van der Waals surface area contributed by atoms with Gasteiger partial charge in [-0.2, -0.15) is 0 Å². The second kappa shape index (κ2) is 8.19. The Kier molecular flexibility index (Phi) is 7.23. The zero-order chi connectivity index (χ0) is 16.0. The minimum absolute atomic E-state index is 0.0214. The number of sulfonamides is 1. The number of benzene rings is 1. The van der Waals surface area contributed by atoms with E-state index < -0.39 is 10.0 Å². The van der Waals surface area contributed by atoms with Crippen molar-refractivity contribution in [1.82, 2.24) is 4.31 Å². The largest absolute Gasteiger partial charge is 0.495 e. The minimum atomic E-state index is -3.71. The molecule has 21 heavy (non-hydrogen) atoms. The number of rotatable bonds is 8. The van der Waals surface area contributed by atoms with Crippen LogP contribution < -0.4 is 4.74 Å². The summed E-state index contributed by atoms with van der Waals surface area (Å²) in [4.78, 5) is 0.0214. The van der Waals surface area contributed by atoms with E-state index in [9.17, 15) is 8.42 Å². The van der Waals surface area contributed by atoms with Crippen LogP contribution in [0.3, 0.4) is 0 Å². The van der Waals surface area contributed by atoms with E-state index in [-0.39, 0.29) is 16.5 Å². The van der Waals surface area contributed by atoms with Gasteiger partial charge >= 0.3 is 0 Å². The summed E-state index contributed by atoms with van der Waals surface area (Å²) in [6.45, 7) is 0.821. The number of nitrogens with zero attached hydrogens (tertiary/aromatic N) is 1. The van der Waals surface area contributed by atoms with Gasteiger partial charge in [0.05, 0.1) is 13.0 Å². The maximum absolute atomic E-state index is 12.6. The molecule has 0 saturated carbocycles. The summed E-state index contributed by atoms with van der Waals surface area (Å²) in [5.74, 6) is 0.340. The second-order valence-electron chi connectivity index (χ2n) is 4.40. The second-order valence-corrected chi connectivity index (χ2v) is 7.12. The van der Waals surface area contributed by atoms with Crippen LogP contribution in [0, 0.1) is 0 Å². The molecule has 0 radical (unpaired) electrons. The number of halogens is 2. The van der Waals surface area contributed by atoms with Gasteiger partial charge < -0.3 is 9.47 Å². The molecule has 0 saturated heterocycles. The fourth-order valence-corrected chi connectivity index (χ4v) is 3.80. The zero-order valence-corrected chi connectivity index (χ0v) is 14.6. The van der Waals surface area contributed by atoms with Crippen LogP contribution in [-0.2, 0) is 20.6 Å². The molecule has 1 aromatic carbocycles. The highest BCUT2D eigenvalue weighted by Crippen LogP contribution is 2.34. The summed E-state index contributed by atoms with van der Waals surface area (Å²) in [6, 6.07) is 2.97. The molecule has 0 atom stereocenters. The molecule has 0 heterocycles. The lowest BCUT2D eigenvalue weighted by Gasteiger charge is -2.20. The molecule has 5 nitrogen and oxygen atoms in total. The maximum atomic E-state index is 12.6. The lowest BCUT2D eigenvalue weighted by molar-refractivity contribution is 0.189. The van der Waals surface area contributed by atoms with Crippen LogP contribution in [0.4, 0.5) is 0 Å². The van der Waals surface area contributed by atoms with E-state index in [4.69, 9.17) is 32.7 Å². The van der Waals surface area contributed by atoms with E-state index in [1.807, 2.05) is 0 Å². The molecule has 0 fully saturated rings. The smallest absolute Gasteiger partial charge is 0.246 e. The maximum Gasteiger partial charge on any atom is 0.246 e. The van der Waals surface area contributed by atoms with E-state index in [0.29, 0.717) is 30.2 Å². The summed E-state index contributed by atoms with van der Waals surface area (Å²) >= 11 is 11.8. The molecule has 0 aliphatic rings. The standard InChI is InChI=1S/C13H19Cl2NO4S/c1-16(5-4-6-19-2)21(17,18)12-8-11(15)7-10(9-14)13(12)20-3/h7-8H,4-6,9H2,1-3H3. The Bertz CT molecular complexity index is 578. The Hall–Kier alpha value is -0.530. The number of alkyl halides is 1. The van der Waals surface area contributed by atoms with E-state index in [2.05, 4.69) is 0 Å². The van der Waals surface area contributed by atoms with Crippen molar-refractivity contribution in [3.05, 3.63) is 22.7 Å². The zero-order valence-electron chi connectivity index (χ0n) is 12.2. The van der Waals surface area contributed by atoms with Gasteiger partial charge in [-0.1, -0.05) is 11.6 Å². The van der Waals surface area contributed by atoms with Gasteiger partial charge in [-0.3, -0.25) is 0 Å². The lowest BCUT2D eigenvalue weighted by atomic mass is 10.2. The number of methoxy groups -OCH3 is 2. The van der Waals surface area contributed by atoms with Crippen LogP contribution >= 0.6 is 23.2 Å². The van der Waals surface area contributed by atoms with Gasteiger partial charge in [0.25, 0.3) is 0 Å². The predicted molar refractivity (Wildman–Crippen MR) is 83.9 cm³/mol. The molecule has 0 N–H and O–H groups in total. The summed E-state index contributed by atoms with van der Waals surface area (Å²) in [5.41, 5.74) is 0.538. The first-order chi connectivity index (χ1) is 9.88. The summed E-state index contributed by atoms with van der Waals surface area (Å²) in [7, 11) is 0.775. The van der Waals surface area contributed by atoms with Gasteiger partial charge in [0, 0.05) is 37.9 Å². The molecule has 0 unspecified atom stereocenters. The van der Waals surface area contributed by atoms with E-state index >= 15 is 0 Å². The Morgan fingerprint density at radius 1 is 1.29 bits per heavy atom. The van der Waals surface area contributed by atoms with Crippen LogP contribution in [0.2, 0.25) is 5.02 Å². The summed E-state index contributed by atoms with van der Waals surface area (Å²) < 4.78 is 36.6. The first-order valence-corrected chi connectivity index (χ1v) is 8.61. The SMILES string of the molecule is COCCCN(C)S(=O)(=O)c1cc(Cl)cc(CCl)c1OC. The summed E-state index contributed by atoms with van der Waals surface area (Å²) in [6.07, 6.45) is 0.595. The predicted octanol–water partition coefficient (Wildman–Crippen LogP) is 2.74. The van der Waals surface area contributed by atoms with Crippen molar-refractivity contribution in [2.45, 2.75) is 17.2 Å². The van der Waals surface area contributed by atoms with Crippen molar-refractivity contribution in [3.63, 3.8) is 0 Å². The fourth-order valence-electron chi connectivity index (χ4n) is 1.86. The third-order valence-corrected chi connectivity index (χ3v) is 5.32. The van der Waals surface area contributed by atoms with Crippen LogP contribution in [-0.4, -0.2) is 47.1 Å². The average molecular weight is 356 g/mol. The van der Waals surface area contributed by atoms with Crippen molar-refractivity contribution < 1.29 is 17.9 Å². The number of ether oxygens (including phenoxy) is 2. The molecule has 120 valence electrons. The Morgan fingerprint density at radius 3 is 2.48 bits per heavy atom. The van der Waals surface area contributed by atoms with E-state index in [1.165, 1.54) is 24.5 Å². The molecule has 0 spiro atoms. The highest BCUT2D eigenvalue weighted by atomic mass is 35.5. The molecular weight excluding hydrogens is 337 g/mol. The van der Waals surface area contributed by atoms with Gasteiger partial charge in [0.1, 0.15) is 10.6 Å². The van der Waals surface area contributed by atoms with Gasteiger partial charge in [-0.25, -0.2) is 12.7 Å². The Morgan fingerprint density at radius 2 is 1.95 bits per heavy atom. The molecule has 0 aliphatic carbocycles. The highest BCUT2D eigenvalue weighted by molar-refractivity contribution is 7.89. The Labute approximate surface area is 135 Å². The fraction of sp³-hybridized carbons (Fsp3) is 0.538. The van der Waals surface area contributed by atoms with Crippen LogP contribution in [0.1, 0.15) is 12.0 Å². The normalized spacial score (nSPS) is 11.9. The first-order valence-electron chi connectivity index (χ1n) is 6.26. The third kappa shape index (κ3) is 4.47. The van der Waals surface area contributed by atoms with Crippen LogP contribution in [0.25, 0.3) is 0 Å². The van der Waals surface area contributed by atoms with Crippen molar-refractivity contribution in [3.8, 4) is 5.75 Å². The lowest BCUT2D eigenvalue weighted by Crippen LogP contribution is -2.29. The van der Waals surface area contributed by atoms with Crippen molar-refractivity contribution >= 4 is 33.2 Å². The summed E-state index contributed by atoms with van der Waals surface area (Å²) in [5, 5.41) is 0.301. The van der Waals surface area contributed by atoms with E-state index in [0.717, 1.165) is 0 Å². The average Bonchev–Trinajstić information content (AvgIpc) is 2.46. The Balaban J connectivity index is 3.21. The quantitative estimate of drug-likeness (QED) is 0.531. The van der Waals surface area contributed by atoms with Gasteiger partial charge in [-0.05, 0) is 18.6 Å². The molecule has 8 heteroatoms. The third-order valence-electron chi connectivity index (χ3n) is 2.95. The van der Waals surface area contributed by atoms with Gasteiger partial charge in [0.2, 0.25) is 10.0 Å². The molecule has 0 amide bonds. The molecule has 0 aliphatic heterocycles. The number of hydrogen-bond acceptors (Lipinski definition) is 4. The van der Waals surface area contributed by atoms with Crippen molar-refractivity contribution in [2.75, 3.05) is 34.4 Å². The van der Waals surface area contributed by atoms with Gasteiger partial charge in [-0.15, -0.1) is 11.6 Å². The van der Waals surface area contributed by atoms with Crippen molar-refractivity contribution in [1.29, 1.82) is 0 Å². The molecular formula is C13H19Cl2NO4S. The van der Waals surface area contributed by atoms with Crippen LogP contribution in [0.5, 0.6) is 5.75 Å². The first kappa shape index (κ1) is 18.5. The molecule has 1 rings (SSSR count). The highest BCUT2D eigenvalue weighted by Gasteiger charge is 2.26. The molecule has 0 aromatic heterocycles. The van der Waals surface area contributed by atoms with Gasteiger partial charge in [0.15, 0.2) is 0 Å². The monoisotopic (exact) mass is 355 g/mol. The molecule has 0 bridgehead atoms. The minimum Gasteiger partial charge on any atom is -0.495 e. The molecule has 1 aromatic rings.